The van der Waals surface area contributed by atoms with Crippen molar-refractivity contribution in [1.29, 1.82) is 0 Å². The average molecular weight is 312 g/mol. The fourth-order valence-corrected chi connectivity index (χ4v) is 2.20. The van der Waals surface area contributed by atoms with Gasteiger partial charge in [0.25, 0.3) is 0 Å². The van der Waals surface area contributed by atoms with E-state index in [2.05, 4.69) is 17.4 Å². The van der Waals surface area contributed by atoms with E-state index >= 15 is 0 Å². The van der Waals surface area contributed by atoms with Crippen LogP contribution in [0.3, 0.4) is 0 Å². The number of unbranched alkanes of at least 4 members (excludes halogenated alkanes) is 1. The van der Waals surface area contributed by atoms with Crippen molar-refractivity contribution in [3.8, 4) is 0 Å². The third kappa shape index (κ3) is 4.72. The van der Waals surface area contributed by atoms with Gasteiger partial charge >= 0.3 is 0 Å². The highest BCUT2D eigenvalue weighted by atomic mass is 35.5. The molecule has 1 aromatic heterocycles. The third-order valence-electron chi connectivity index (χ3n) is 3.34. The topological polar surface area (TPSA) is 81.1 Å². The number of nitrogens with two attached hydrogens (primary N) is 1. The van der Waals surface area contributed by atoms with E-state index in [1.807, 2.05) is 24.3 Å². The Bertz CT molecular complexity index is 571. The number of amides is 1. The lowest BCUT2D eigenvalue weighted by molar-refractivity contribution is -0.121. The number of aromatic nitrogens is 1. The highest BCUT2D eigenvalue weighted by Gasteiger charge is 2.14. The van der Waals surface area contributed by atoms with Crippen LogP contribution in [0.15, 0.2) is 28.8 Å². The zero-order chi connectivity index (χ0) is 14.4. The second-order valence-electron chi connectivity index (χ2n) is 4.94. The summed E-state index contributed by atoms with van der Waals surface area (Å²) in [5.41, 5.74) is 7.05. The molecule has 0 aliphatic rings. The van der Waals surface area contributed by atoms with Crippen LogP contribution in [-0.4, -0.2) is 23.7 Å². The Kier molecular flexibility index (Phi) is 7.19. The minimum absolute atomic E-state index is 0. The normalized spacial score (nSPS) is 11.9. The smallest absolute Gasteiger partial charge is 0.226 e. The molecule has 0 fully saturated rings. The summed E-state index contributed by atoms with van der Waals surface area (Å²) >= 11 is 0. The number of nitrogens with one attached hydrogen (secondary N) is 1. The van der Waals surface area contributed by atoms with Gasteiger partial charge < -0.3 is 15.6 Å². The molecule has 0 aliphatic heterocycles. The summed E-state index contributed by atoms with van der Waals surface area (Å²) in [7, 11) is 0. The first-order valence-electron chi connectivity index (χ1n) is 7.07. The van der Waals surface area contributed by atoms with E-state index < -0.39 is 0 Å². The molecule has 6 heteroatoms. The summed E-state index contributed by atoms with van der Waals surface area (Å²) in [6.07, 6.45) is 3.30. The van der Waals surface area contributed by atoms with Gasteiger partial charge in [-0.2, -0.15) is 0 Å². The number of carbonyl (C=O) groups is 1. The number of nitrogens with zero attached hydrogens (tertiary/aromatic N) is 1. The molecule has 0 saturated carbocycles. The van der Waals surface area contributed by atoms with Crippen LogP contribution in [-0.2, 0) is 11.2 Å². The molecule has 5 nitrogen and oxygen atoms in total. The first-order chi connectivity index (χ1) is 9.74. The molecule has 1 aromatic carbocycles. The van der Waals surface area contributed by atoms with Crippen molar-refractivity contribution in [2.45, 2.75) is 38.6 Å². The van der Waals surface area contributed by atoms with E-state index in [0.717, 1.165) is 24.6 Å². The molecule has 0 spiro atoms. The minimum atomic E-state index is -0.0596. The molecular weight excluding hydrogens is 290 g/mol. The summed E-state index contributed by atoms with van der Waals surface area (Å²) in [5, 5.41) is 7.81. The number of hydrogen-bond donors (Lipinski definition) is 2. The van der Waals surface area contributed by atoms with Crippen molar-refractivity contribution in [2.75, 3.05) is 6.54 Å². The minimum Gasteiger partial charge on any atom is -0.356 e. The van der Waals surface area contributed by atoms with Crippen molar-refractivity contribution in [3.63, 3.8) is 0 Å². The Morgan fingerprint density at radius 1 is 1.43 bits per heavy atom. The SMILES string of the molecule is CCCCC(CN)NC(=O)Cc1noc2ccccc12.Cl. The van der Waals surface area contributed by atoms with E-state index in [1.165, 1.54) is 0 Å². The van der Waals surface area contributed by atoms with Gasteiger partial charge in [-0.15, -0.1) is 12.4 Å². The maximum absolute atomic E-state index is 12.0. The van der Waals surface area contributed by atoms with E-state index in [0.29, 0.717) is 17.8 Å². The molecule has 116 valence electrons. The number of rotatable bonds is 7. The number of para-hydroxylation sites is 1. The third-order valence-corrected chi connectivity index (χ3v) is 3.34. The summed E-state index contributed by atoms with van der Waals surface area (Å²) < 4.78 is 5.19. The number of benzene rings is 1. The van der Waals surface area contributed by atoms with Gasteiger partial charge in [0, 0.05) is 18.0 Å². The standard InChI is InChI=1S/C15H21N3O2.ClH/c1-2-3-6-11(10-16)17-15(19)9-13-12-7-4-5-8-14(12)20-18-13;/h4-5,7-8,11H,2-3,6,9-10,16H2,1H3,(H,17,19);1H. The lowest BCUT2D eigenvalue weighted by Gasteiger charge is -2.15. The van der Waals surface area contributed by atoms with Gasteiger partial charge in [-0.3, -0.25) is 4.79 Å². The Morgan fingerprint density at radius 3 is 2.90 bits per heavy atom. The van der Waals surface area contributed by atoms with Crippen molar-refractivity contribution in [2.24, 2.45) is 5.73 Å². The van der Waals surface area contributed by atoms with Crippen LogP contribution in [0.4, 0.5) is 0 Å². The van der Waals surface area contributed by atoms with Gasteiger partial charge in [0.15, 0.2) is 5.58 Å². The molecule has 0 aliphatic carbocycles. The van der Waals surface area contributed by atoms with Crippen molar-refractivity contribution >= 4 is 29.3 Å². The van der Waals surface area contributed by atoms with Crippen molar-refractivity contribution < 1.29 is 9.32 Å². The van der Waals surface area contributed by atoms with Gasteiger partial charge in [0.1, 0.15) is 5.69 Å². The molecule has 1 atom stereocenters. The lowest BCUT2D eigenvalue weighted by atomic mass is 10.1. The molecule has 2 rings (SSSR count). The molecule has 1 unspecified atom stereocenters. The fraction of sp³-hybridized carbons (Fsp3) is 0.467. The van der Waals surface area contributed by atoms with Crippen LogP contribution in [0.25, 0.3) is 11.0 Å². The van der Waals surface area contributed by atoms with E-state index in [9.17, 15) is 4.79 Å². The molecular formula is C15H22ClN3O2. The predicted molar refractivity (Wildman–Crippen MR) is 85.5 cm³/mol. The first kappa shape index (κ1) is 17.5. The molecule has 2 aromatic rings. The molecule has 21 heavy (non-hydrogen) atoms. The van der Waals surface area contributed by atoms with Gasteiger partial charge in [-0.1, -0.05) is 37.1 Å². The Hall–Kier alpha value is -1.59. The Morgan fingerprint density at radius 2 is 2.19 bits per heavy atom. The molecule has 0 saturated heterocycles. The summed E-state index contributed by atoms with van der Waals surface area (Å²) in [5.74, 6) is -0.0596. The summed E-state index contributed by atoms with van der Waals surface area (Å²) in [6, 6.07) is 7.58. The first-order valence-corrected chi connectivity index (χ1v) is 7.07. The van der Waals surface area contributed by atoms with Crippen LogP contribution in [0.5, 0.6) is 0 Å². The maximum atomic E-state index is 12.0. The zero-order valence-electron chi connectivity index (χ0n) is 12.2. The number of carbonyl (C=O) groups excluding carboxylic acids is 1. The highest BCUT2D eigenvalue weighted by Crippen LogP contribution is 2.18. The molecule has 0 radical (unpaired) electrons. The Balaban J connectivity index is 0.00000220. The molecule has 3 N–H and O–H groups in total. The largest absolute Gasteiger partial charge is 0.356 e. The average Bonchev–Trinajstić information content (AvgIpc) is 2.87. The van der Waals surface area contributed by atoms with Gasteiger partial charge in [-0.05, 0) is 18.6 Å². The highest BCUT2D eigenvalue weighted by molar-refractivity contribution is 5.86. The number of fused-ring (bicyclic) bond motifs is 1. The zero-order valence-corrected chi connectivity index (χ0v) is 13.0. The van der Waals surface area contributed by atoms with Crippen LogP contribution >= 0.6 is 12.4 Å². The van der Waals surface area contributed by atoms with Crippen molar-refractivity contribution in [1.82, 2.24) is 10.5 Å². The molecule has 1 heterocycles. The van der Waals surface area contributed by atoms with Crippen LogP contribution in [0, 0.1) is 0 Å². The van der Waals surface area contributed by atoms with E-state index in [4.69, 9.17) is 10.3 Å². The van der Waals surface area contributed by atoms with Crippen LogP contribution in [0.2, 0.25) is 0 Å². The predicted octanol–water partition coefficient (Wildman–Crippen LogP) is 2.43. The monoisotopic (exact) mass is 311 g/mol. The number of hydrogen-bond acceptors (Lipinski definition) is 4. The molecule has 1 amide bonds. The second-order valence-corrected chi connectivity index (χ2v) is 4.94. The number of halogens is 1. The summed E-state index contributed by atoms with van der Waals surface area (Å²) in [6.45, 7) is 2.59. The maximum Gasteiger partial charge on any atom is 0.226 e. The van der Waals surface area contributed by atoms with E-state index in [1.54, 1.807) is 0 Å². The van der Waals surface area contributed by atoms with Gasteiger partial charge in [0.2, 0.25) is 5.91 Å². The Labute approximate surface area is 130 Å². The van der Waals surface area contributed by atoms with Crippen molar-refractivity contribution in [3.05, 3.63) is 30.0 Å². The van der Waals surface area contributed by atoms with Crippen LogP contribution < -0.4 is 11.1 Å². The second kappa shape index (κ2) is 8.64. The molecule has 0 bridgehead atoms. The van der Waals surface area contributed by atoms with Crippen LogP contribution in [0.1, 0.15) is 31.9 Å². The fourth-order valence-electron chi connectivity index (χ4n) is 2.20. The van der Waals surface area contributed by atoms with E-state index in [-0.39, 0.29) is 30.8 Å². The van der Waals surface area contributed by atoms with Gasteiger partial charge in [-0.25, -0.2) is 0 Å². The van der Waals surface area contributed by atoms with Gasteiger partial charge in [0.05, 0.1) is 6.42 Å². The lowest BCUT2D eigenvalue weighted by Crippen LogP contribution is -2.40. The summed E-state index contributed by atoms with van der Waals surface area (Å²) in [4.78, 5) is 12.0. The quantitative estimate of drug-likeness (QED) is 0.823.